The molecule has 15 heteroatoms. The molecule has 0 radical (unpaired) electrons. The van der Waals surface area contributed by atoms with E-state index in [1.165, 1.54) is 18.5 Å². The molecule has 0 saturated carbocycles. The third-order valence-corrected chi connectivity index (χ3v) is 9.20. The highest BCUT2D eigenvalue weighted by Gasteiger charge is 2.57. The number of amides is 1. The van der Waals surface area contributed by atoms with Crippen LogP contribution in [0.3, 0.4) is 0 Å². The number of carbonyl (C=O) groups is 1. The summed E-state index contributed by atoms with van der Waals surface area (Å²) < 4.78 is 51.1. The predicted molar refractivity (Wildman–Crippen MR) is 170 cm³/mol. The van der Waals surface area contributed by atoms with Crippen LogP contribution < -0.4 is 16.0 Å². The zero-order chi connectivity index (χ0) is 34.1. The van der Waals surface area contributed by atoms with E-state index in [9.17, 15) is 19.1 Å². The molecule has 2 saturated heterocycles. The van der Waals surface area contributed by atoms with Gasteiger partial charge in [0.2, 0.25) is 11.8 Å². The van der Waals surface area contributed by atoms with Crippen molar-refractivity contribution >= 4 is 23.2 Å². The second-order valence-electron chi connectivity index (χ2n) is 12.2. The highest BCUT2D eigenvalue weighted by Crippen LogP contribution is 2.41. The molecule has 2 aromatic heterocycles. The van der Waals surface area contributed by atoms with Crippen LogP contribution in [0.2, 0.25) is 5.15 Å². The molecule has 0 unspecified atom stereocenters. The van der Waals surface area contributed by atoms with Gasteiger partial charge in [0.25, 0.3) is 11.5 Å². The van der Waals surface area contributed by atoms with Gasteiger partial charge in [0, 0.05) is 37.9 Å². The number of ether oxygens (including phenoxy) is 1. The summed E-state index contributed by atoms with van der Waals surface area (Å²) in [6.07, 6.45) is 2.28. The minimum Gasteiger partial charge on any atom is -0.437 e. The van der Waals surface area contributed by atoms with Gasteiger partial charge in [0.05, 0.1) is 18.8 Å². The highest BCUT2D eigenvalue weighted by atomic mass is 35.5. The Morgan fingerprint density at radius 3 is 2.54 bits per heavy atom. The molecule has 0 spiro atoms. The summed E-state index contributed by atoms with van der Waals surface area (Å²) in [7, 11) is 0. The van der Waals surface area contributed by atoms with Gasteiger partial charge in [-0.2, -0.15) is 0 Å². The normalized spacial score (nSPS) is 22.7. The van der Waals surface area contributed by atoms with Crippen molar-refractivity contribution in [3.8, 4) is 11.6 Å². The molecule has 2 aromatic carbocycles. The summed E-state index contributed by atoms with van der Waals surface area (Å²) in [5.74, 6) is -5.66. The first kappa shape index (κ1) is 33.4. The Labute approximate surface area is 278 Å². The van der Waals surface area contributed by atoms with Crippen LogP contribution in [-0.2, 0) is 17.9 Å². The van der Waals surface area contributed by atoms with Crippen molar-refractivity contribution in [3.63, 3.8) is 0 Å². The van der Waals surface area contributed by atoms with Gasteiger partial charge in [-0.25, -0.2) is 28.1 Å². The van der Waals surface area contributed by atoms with Crippen LogP contribution in [0.15, 0.2) is 78.1 Å². The fraction of sp³-hybridized carbons (Fsp3) is 0.364. The number of carbonyl (C=O) groups excluding carboxylic acids is 1. The molecule has 3 atom stereocenters. The van der Waals surface area contributed by atoms with Crippen LogP contribution in [0.4, 0.5) is 18.9 Å². The van der Waals surface area contributed by atoms with Crippen LogP contribution >= 0.6 is 11.6 Å². The lowest BCUT2D eigenvalue weighted by Gasteiger charge is -2.46. The van der Waals surface area contributed by atoms with E-state index in [1.54, 1.807) is 6.07 Å². The average Bonchev–Trinajstić information content (AvgIpc) is 3.07. The summed E-state index contributed by atoms with van der Waals surface area (Å²) in [6.45, 7) is -0.461. The van der Waals surface area contributed by atoms with Crippen molar-refractivity contribution in [1.29, 1.82) is 0 Å². The van der Waals surface area contributed by atoms with Crippen LogP contribution in [-0.4, -0.2) is 78.0 Å². The van der Waals surface area contributed by atoms with E-state index >= 15 is 8.78 Å². The number of anilines is 1. The Balaban J connectivity index is 1.15. The number of aliphatic hydroxyl groups is 1. The molecule has 6 rings (SSSR count). The number of hydrogen-bond donors (Lipinski definition) is 2. The van der Waals surface area contributed by atoms with Crippen molar-refractivity contribution < 1.29 is 27.8 Å². The monoisotopic (exact) mass is 683 g/mol. The van der Waals surface area contributed by atoms with E-state index < -0.39 is 59.9 Å². The molecule has 2 aliphatic rings. The maximum absolute atomic E-state index is 15.8. The van der Waals surface area contributed by atoms with Gasteiger partial charge in [0.15, 0.2) is 5.69 Å². The molecular formula is C33H33ClF3N7O4. The number of nitrogen functional groups attached to an aromatic ring is 1. The topological polar surface area (TPSA) is 140 Å². The standard InChI is InChI=1S/C33H33ClF3N7O4/c34-27-14-23(39-19-40-27)15-42-12-10-25(26(16-42)21-4-2-1-3-5-21)30(45)43-13-11-32(47,33(36,37)18-43)17-44-20-41-29(28(38)31(44)46)48-24-8-6-22(35)7-9-24/h1-9,14,19-20,25-26,47H,10-13,15-18,38H2/t25-,26+,32+/m1/s1. The Kier molecular flexibility index (Phi) is 9.41. The van der Waals surface area contributed by atoms with Gasteiger partial charge in [-0.15, -0.1) is 0 Å². The van der Waals surface area contributed by atoms with Gasteiger partial charge in [-0.1, -0.05) is 41.9 Å². The van der Waals surface area contributed by atoms with E-state index in [0.717, 1.165) is 39.2 Å². The maximum atomic E-state index is 15.8. The maximum Gasteiger partial charge on any atom is 0.295 e. The largest absolute Gasteiger partial charge is 0.437 e. The average molecular weight is 684 g/mol. The Bertz CT molecular complexity index is 1830. The number of piperidine rings is 2. The summed E-state index contributed by atoms with van der Waals surface area (Å²) in [4.78, 5) is 42.4. The molecule has 11 nitrogen and oxygen atoms in total. The van der Waals surface area contributed by atoms with Gasteiger partial charge in [-0.05, 0) is 48.9 Å². The Hall–Kier alpha value is -4.53. The van der Waals surface area contributed by atoms with Gasteiger partial charge >= 0.3 is 0 Å². The lowest BCUT2D eigenvalue weighted by molar-refractivity contribution is -0.223. The third kappa shape index (κ3) is 7.00. The van der Waals surface area contributed by atoms with E-state index in [0.29, 0.717) is 31.2 Å². The first-order valence-corrected chi connectivity index (χ1v) is 15.7. The molecule has 0 aliphatic carbocycles. The van der Waals surface area contributed by atoms with Gasteiger partial charge in [0.1, 0.15) is 35.0 Å². The third-order valence-electron chi connectivity index (χ3n) is 8.99. The Morgan fingerprint density at radius 2 is 1.83 bits per heavy atom. The lowest BCUT2D eigenvalue weighted by atomic mass is 9.78. The van der Waals surface area contributed by atoms with Gasteiger partial charge in [-0.3, -0.25) is 19.1 Å². The first-order chi connectivity index (χ1) is 22.9. The zero-order valence-corrected chi connectivity index (χ0v) is 26.4. The fourth-order valence-corrected chi connectivity index (χ4v) is 6.52. The number of nitrogens with two attached hydrogens (primary N) is 1. The molecule has 2 aliphatic heterocycles. The first-order valence-electron chi connectivity index (χ1n) is 15.3. The molecule has 1 amide bonds. The zero-order valence-electron chi connectivity index (χ0n) is 25.7. The van der Waals surface area contributed by atoms with Crippen molar-refractivity contribution in [2.24, 2.45) is 5.92 Å². The summed E-state index contributed by atoms with van der Waals surface area (Å²) in [6, 6.07) is 16.1. The van der Waals surface area contributed by atoms with Crippen LogP contribution in [0.5, 0.6) is 11.6 Å². The number of halogens is 4. The second kappa shape index (κ2) is 13.5. The van der Waals surface area contributed by atoms with Crippen LogP contribution in [0, 0.1) is 11.7 Å². The van der Waals surface area contributed by atoms with Crippen molar-refractivity contribution in [1.82, 2.24) is 29.3 Å². The quantitative estimate of drug-likeness (QED) is 0.263. The number of aromatic nitrogens is 4. The van der Waals surface area contributed by atoms with E-state index in [2.05, 4.69) is 19.9 Å². The molecule has 4 aromatic rings. The molecular weight excluding hydrogens is 651 g/mol. The fourth-order valence-electron chi connectivity index (χ4n) is 6.35. The van der Waals surface area contributed by atoms with E-state index in [-0.39, 0.29) is 24.1 Å². The number of likely N-dealkylation sites (tertiary alicyclic amines) is 2. The number of hydrogen-bond acceptors (Lipinski definition) is 9. The number of rotatable bonds is 8. The molecule has 48 heavy (non-hydrogen) atoms. The number of nitrogens with zero attached hydrogens (tertiary/aromatic N) is 6. The van der Waals surface area contributed by atoms with E-state index in [4.69, 9.17) is 22.1 Å². The summed E-state index contributed by atoms with van der Waals surface area (Å²) >= 11 is 6.04. The molecule has 4 heterocycles. The van der Waals surface area contributed by atoms with Crippen LogP contribution in [0.1, 0.15) is 30.0 Å². The SMILES string of the molecule is Nc1c(Oc2ccc(F)cc2)ncn(C[C@@]2(O)CCN(C(=O)[C@@H]3CCN(Cc4cc(Cl)ncn4)C[C@H]3c3ccccc3)CC2(F)F)c1=O. The highest BCUT2D eigenvalue weighted by molar-refractivity contribution is 6.29. The number of alkyl halides is 2. The summed E-state index contributed by atoms with van der Waals surface area (Å²) in [5, 5.41) is 11.6. The van der Waals surface area contributed by atoms with Crippen molar-refractivity contribution in [2.45, 2.75) is 43.4 Å². The Morgan fingerprint density at radius 1 is 1.08 bits per heavy atom. The second-order valence-corrected chi connectivity index (χ2v) is 12.6. The molecule has 252 valence electrons. The molecule has 0 bridgehead atoms. The van der Waals surface area contributed by atoms with Gasteiger partial charge < -0.3 is 20.5 Å². The van der Waals surface area contributed by atoms with Crippen LogP contribution in [0.25, 0.3) is 0 Å². The molecule has 3 N–H and O–H groups in total. The summed E-state index contributed by atoms with van der Waals surface area (Å²) in [5.41, 5.74) is 3.52. The van der Waals surface area contributed by atoms with E-state index in [1.807, 2.05) is 30.3 Å². The smallest absolute Gasteiger partial charge is 0.295 e. The van der Waals surface area contributed by atoms with Crippen molar-refractivity contribution in [2.75, 3.05) is 31.9 Å². The predicted octanol–water partition coefficient (Wildman–Crippen LogP) is 4.10. The molecule has 2 fully saturated rings. The lowest BCUT2D eigenvalue weighted by Crippen LogP contribution is -2.64. The minimum atomic E-state index is -3.77. The number of benzene rings is 2. The van der Waals surface area contributed by atoms with Crippen molar-refractivity contribution in [3.05, 3.63) is 106 Å². The minimum absolute atomic E-state index is 0.143.